The Bertz CT molecular complexity index is 567. The zero-order valence-electron chi connectivity index (χ0n) is 10.9. The lowest BCUT2D eigenvalue weighted by atomic mass is 10.1. The largest absolute Gasteiger partial charge is 0.399 e. The second kappa shape index (κ2) is 6.00. The highest BCUT2D eigenvalue weighted by molar-refractivity contribution is 5.94. The molecule has 0 saturated heterocycles. The second-order valence-corrected chi connectivity index (χ2v) is 4.44. The normalized spacial score (nSPS) is 10.2. The van der Waals surface area contributed by atoms with Crippen LogP contribution in [0.1, 0.15) is 21.5 Å². The summed E-state index contributed by atoms with van der Waals surface area (Å²) in [6, 6.07) is 9.18. The third-order valence-electron chi connectivity index (χ3n) is 2.95. The molecule has 0 aliphatic carbocycles. The van der Waals surface area contributed by atoms with Crippen LogP contribution in [0.4, 0.5) is 5.69 Å². The predicted molar refractivity (Wildman–Crippen MR) is 75.9 cm³/mol. The SMILES string of the molecule is Cc1cc(C(=O)NCCc2cccnc2)ccc1N. The van der Waals surface area contributed by atoms with Gasteiger partial charge in [0.2, 0.25) is 0 Å². The molecule has 0 unspecified atom stereocenters. The Morgan fingerprint density at radius 1 is 1.37 bits per heavy atom. The highest BCUT2D eigenvalue weighted by Gasteiger charge is 2.06. The van der Waals surface area contributed by atoms with Crippen LogP contribution in [-0.2, 0) is 6.42 Å². The van der Waals surface area contributed by atoms with Crippen LogP contribution in [0.15, 0.2) is 42.7 Å². The van der Waals surface area contributed by atoms with Gasteiger partial charge in [-0.05, 0) is 48.7 Å². The van der Waals surface area contributed by atoms with E-state index in [9.17, 15) is 4.79 Å². The van der Waals surface area contributed by atoms with Crippen molar-refractivity contribution in [2.75, 3.05) is 12.3 Å². The summed E-state index contributed by atoms with van der Waals surface area (Å²) in [5, 5.41) is 2.89. The van der Waals surface area contributed by atoms with E-state index in [0.717, 1.165) is 17.5 Å². The van der Waals surface area contributed by atoms with Crippen LogP contribution in [0.2, 0.25) is 0 Å². The number of nitrogens with two attached hydrogens (primary N) is 1. The molecule has 2 rings (SSSR count). The summed E-state index contributed by atoms with van der Waals surface area (Å²) in [6.45, 7) is 2.48. The van der Waals surface area contributed by atoms with Gasteiger partial charge < -0.3 is 11.1 Å². The number of hydrogen-bond donors (Lipinski definition) is 2. The molecule has 4 nitrogen and oxygen atoms in total. The molecule has 0 radical (unpaired) electrons. The lowest BCUT2D eigenvalue weighted by Gasteiger charge is -2.07. The molecule has 2 aromatic rings. The number of pyridine rings is 1. The molecular weight excluding hydrogens is 238 g/mol. The average Bonchev–Trinajstić information content (AvgIpc) is 2.43. The molecule has 0 fully saturated rings. The van der Waals surface area contributed by atoms with Crippen molar-refractivity contribution in [2.24, 2.45) is 0 Å². The molecule has 4 heteroatoms. The first-order valence-corrected chi connectivity index (χ1v) is 6.20. The van der Waals surface area contributed by atoms with E-state index in [4.69, 9.17) is 5.73 Å². The number of anilines is 1. The second-order valence-electron chi connectivity index (χ2n) is 4.44. The summed E-state index contributed by atoms with van der Waals surface area (Å²) < 4.78 is 0. The van der Waals surface area contributed by atoms with Crippen LogP contribution >= 0.6 is 0 Å². The van der Waals surface area contributed by atoms with E-state index in [1.165, 1.54) is 0 Å². The van der Waals surface area contributed by atoms with Crippen molar-refractivity contribution in [3.05, 3.63) is 59.4 Å². The van der Waals surface area contributed by atoms with Crippen LogP contribution in [0.3, 0.4) is 0 Å². The number of rotatable bonds is 4. The zero-order chi connectivity index (χ0) is 13.7. The number of nitrogen functional groups attached to an aromatic ring is 1. The Hall–Kier alpha value is -2.36. The van der Waals surface area contributed by atoms with Crippen molar-refractivity contribution >= 4 is 11.6 Å². The maximum Gasteiger partial charge on any atom is 0.251 e. The molecule has 1 aromatic heterocycles. The lowest BCUT2D eigenvalue weighted by Crippen LogP contribution is -2.25. The van der Waals surface area contributed by atoms with Gasteiger partial charge in [0.1, 0.15) is 0 Å². The van der Waals surface area contributed by atoms with Gasteiger partial charge in [-0.3, -0.25) is 9.78 Å². The van der Waals surface area contributed by atoms with Crippen molar-refractivity contribution in [1.82, 2.24) is 10.3 Å². The minimum absolute atomic E-state index is 0.0769. The number of carbonyl (C=O) groups excluding carboxylic acids is 1. The van der Waals surface area contributed by atoms with E-state index in [-0.39, 0.29) is 5.91 Å². The number of amides is 1. The Labute approximate surface area is 112 Å². The maximum absolute atomic E-state index is 11.9. The summed E-state index contributed by atoms with van der Waals surface area (Å²) in [4.78, 5) is 16.0. The molecule has 0 aliphatic heterocycles. The smallest absolute Gasteiger partial charge is 0.251 e. The fraction of sp³-hybridized carbons (Fsp3) is 0.200. The molecule has 0 aliphatic rings. The highest BCUT2D eigenvalue weighted by Crippen LogP contribution is 2.12. The van der Waals surface area contributed by atoms with Gasteiger partial charge in [0.15, 0.2) is 0 Å². The Kier molecular flexibility index (Phi) is 4.13. The number of carbonyl (C=O) groups is 1. The molecule has 19 heavy (non-hydrogen) atoms. The number of benzene rings is 1. The zero-order valence-corrected chi connectivity index (χ0v) is 10.9. The van der Waals surface area contributed by atoms with Crippen LogP contribution in [0.5, 0.6) is 0 Å². The van der Waals surface area contributed by atoms with Gasteiger partial charge in [0, 0.05) is 30.2 Å². The van der Waals surface area contributed by atoms with Crippen molar-refractivity contribution in [1.29, 1.82) is 0 Å². The predicted octanol–water partition coefficient (Wildman–Crippen LogP) is 1.94. The molecule has 1 aromatic carbocycles. The van der Waals surface area contributed by atoms with Crippen LogP contribution in [-0.4, -0.2) is 17.4 Å². The van der Waals surface area contributed by atoms with Gasteiger partial charge in [-0.15, -0.1) is 0 Å². The molecule has 0 atom stereocenters. The summed E-state index contributed by atoms with van der Waals surface area (Å²) in [5.74, 6) is -0.0769. The van der Waals surface area contributed by atoms with Gasteiger partial charge in [-0.1, -0.05) is 6.07 Å². The summed E-state index contributed by atoms with van der Waals surface area (Å²) in [7, 11) is 0. The fourth-order valence-corrected chi connectivity index (χ4v) is 1.79. The summed E-state index contributed by atoms with van der Waals surface area (Å²) in [6.07, 6.45) is 4.31. The number of nitrogens with one attached hydrogen (secondary N) is 1. The quantitative estimate of drug-likeness (QED) is 0.820. The monoisotopic (exact) mass is 255 g/mol. The molecule has 1 amide bonds. The average molecular weight is 255 g/mol. The summed E-state index contributed by atoms with van der Waals surface area (Å²) in [5.41, 5.74) is 9.09. The minimum atomic E-state index is -0.0769. The van der Waals surface area contributed by atoms with Crippen molar-refractivity contribution < 1.29 is 4.79 Å². The molecule has 98 valence electrons. The highest BCUT2D eigenvalue weighted by atomic mass is 16.1. The Morgan fingerprint density at radius 2 is 2.21 bits per heavy atom. The fourth-order valence-electron chi connectivity index (χ4n) is 1.79. The van der Waals surface area contributed by atoms with Crippen molar-refractivity contribution in [2.45, 2.75) is 13.3 Å². The van der Waals surface area contributed by atoms with Gasteiger partial charge in [-0.2, -0.15) is 0 Å². The molecule has 0 bridgehead atoms. The van der Waals surface area contributed by atoms with Crippen LogP contribution in [0.25, 0.3) is 0 Å². The summed E-state index contributed by atoms with van der Waals surface area (Å²) >= 11 is 0. The molecule has 0 spiro atoms. The Balaban J connectivity index is 1.89. The first kappa shape index (κ1) is 13.1. The first-order valence-electron chi connectivity index (χ1n) is 6.20. The van der Waals surface area contributed by atoms with Gasteiger partial charge in [0.25, 0.3) is 5.91 Å². The third kappa shape index (κ3) is 3.55. The van der Waals surface area contributed by atoms with Gasteiger partial charge in [-0.25, -0.2) is 0 Å². The topological polar surface area (TPSA) is 68.0 Å². The standard InChI is InChI=1S/C15H17N3O/c1-11-9-13(4-5-14(11)16)15(19)18-8-6-12-3-2-7-17-10-12/h2-5,7,9-10H,6,8,16H2,1H3,(H,18,19). The number of aromatic nitrogens is 1. The van der Waals surface area contributed by atoms with Crippen LogP contribution < -0.4 is 11.1 Å². The first-order chi connectivity index (χ1) is 9.16. The van der Waals surface area contributed by atoms with Gasteiger partial charge in [0.05, 0.1) is 0 Å². The molecule has 3 N–H and O–H groups in total. The van der Waals surface area contributed by atoms with Crippen LogP contribution in [0, 0.1) is 6.92 Å². The van der Waals surface area contributed by atoms with Gasteiger partial charge >= 0.3 is 0 Å². The number of hydrogen-bond acceptors (Lipinski definition) is 3. The minimum Gasteiger partial charge on any atom is -0.399 e. The number of nitrogens with zero attached hydrogens (tertiary/aromatic N) is 1. The molecule has 0 saturated carbocycles. The Morgan fingerprint density at radius 3 is 2.89 bits per heavy atom. The van der Waals surface area contributed by atoms with E-state index in [2.05, 4.69) is 10.3 Å². The third-order valence-corrected chi connectivity index (χ3v) is 2.95. The van der Waals surface area contributed by atoms with E-state index >= 15 is 0 Å². The number of aryl methyl sites for hydroxylation is 1. The van der Waals surface area contributed by atoms with Crippen molar-refractivity contribution in [3.63, 3.8) is 0 Å². The van der Waals surface area contributed by atoms with E-state index in [0.29, 0.717) is 17.8 Å². The van der Waals surface area contributed by atoms with Crippen molar-refractivity contribution in [3.8, 4) is 0 Å². The molecular formula is C15H17N3O. The van der Waals surface area contributed by atoms with E-state index in [1.54, 1.807) is 30.6 Å². The molecule has 1 heterocycles. The van der Waals surface area contributed by atoms with E-state index < -0.39 is 0 Å². The lowest BCUT2D eigenvalue weighted by molar-refractivity contribution is 0.0954. The van der Waals surface area contributed by atoms with E-state index in [1.807, 2.05) is 19.1 Å². The maximum atomic E-state index is 11.9.